The fourth-order valence-electron chi connectivity index (χ4n) is 1.64. The van der Waals surface area contributed by atoms with Crippen LogP contribution in [0, 0.1) is 11.8 Å². The molecule has 0 aliphatic carbocycles. The van der Waals surface area contributed by atoms with Crippen LogP contribution in [0.15, 0.2) is 41.3 Å². The Kier molecular flexibility index (Phi) is 5.88. The predicted molar refractivity (Wildman–Crippen MR) is 88.6 cm³/mol. The predicted octanol–water partition coefficient (Wildman–Crippen LogP) is 3.34. The molecule has 1 amide bonds. The van der Waals surface area contributed by atoms with E-state index >= 15 is 0 Å². The lowest BCUT2D eigenvalue weighted by Gasteiger charge is -2.03. The first-order valence-corrected chi connectivity index (χ1v) is 8.16. The summed E-state index contributed by atoms with van der Waals surface area (Å²) in [6.45, 7) is 1.39. The molecule has 0 aliphatic heterocycles. The van der Waals surface area contributed by atoms with Gasteiger partial charge in [-0.3, -0.25) is 4.79 Å². The quantitative estimate of drug-likeness (QED) is 0.671. The van der Waals surface area contributed by atoms with Gasteiger partial charge in [-0.2, -0.15) is 0 Å². The van der Waals surface area contributed by atoms with Crippen molar-refractivity contribution in [1.82, 2.24) is 0 Å². The highest BCUT2D eigenvalue weighted by atomic mass is 32.2. The van der Waals surface area contributed by atoms with Crippen LogP contribution in [-0.4, -0.2) is 17.6 Å². The van der Waals surface area contributed by atoms with Gasteiger partial charge in [0.25, 0.3) is 0 Å². The summed E-state index contributed by atoms with van der Waals surface area (Å²) in [6, 6.07) is 11.8. The van der Waals surface area contributed by atoms with Gasteiger partial charge in [-0.15, -0.1) is 23.1 Å². The van der Waals surface area contributed by atoms with E-state index in [1.807, 2.05) is 30.3 Å². The van der Waals surface area contributed by atoms with Crippen molar-refractivity contribution in [3.05, 3.63) is 46.2 Å². The van der Waals surface area contributed by atoms with E-state index in [1.165, 1.54) is 11.8 Å². The number of thioether (sulfide) groups is 1. The lowest BCUT2D eigenvalue weighted by atomic mass is 10.3. The Hall–Kier alpha value is -1.74. The first kappa shape index (κ1) is 15.6. The summed E-state index contributed by atoms with van der Waals surface area (Å²) in [4.78, 5) is 14.3. The summed E-state index contributed by atoms with van der Waals surface area (Å²) in [5.74, 6) is 6.37. The molecule has 0 aliphatic rings. The number of aliphatic hydroxyl groups excluding tert-OH is 1. The van der Waals surface area contributed by atoms with Crippen LogP contribution in [0.3, 0.4) is 0 Å². The van der Waals surface area contributed by atoms with E-state index in [9.17, 15) is 4.79 Å². The number of hydrogen-bond acceptors (Lipinski definition) is 4. The second-order valence-electron chi connectivity index (χ2n) is 4.22. The van der Waals surface area contributed by atoms with Crippen molar-refractivity contribution >= 4 is 34.7 Å². The Morgan fingerprint density at radius 3 is 2.71 bits per heavy atom. The zero-order valence-corrected chi connectivity index (χ0v) is 13.2. The molecular formula is C16H15NO2S2. The number of anilines is 1. The number of carbonyl (C=O) groups is 1. The van der Waals surface area contributed by atoms with Crippen LogP contribution in [0.5, 0.6) is 0 Å². The fraction of sp³-hybridized carbons (Fsp3) is 0.188. The summed E-state index contributed by atoms with van der Waals surface area (Å²) >= 11 is 3.38. The Bertz CT molecular complexity index is 666. The summed E-state index contributed by atoms with van der Waals surface area (Å²) in [7, 11) is 0. The summed E-state index contributed by atoms with van der Waals surface area (Å²) in [6.07, 6.45) is 0. The zero-order valence-electron chi connectivity index (χ0n) is 11.6. The fourth-order valence-corrected chi connectivity index (χ4v) is 3.47. The molecule has 0 radical (unpaired) electrons. The summed E-state index contributed by atoms with van der Waals surface area (Å²) in [5, 5.41) is 11.4. The SMILES string of the molecule is CC(=O)Nc1ccc(SCc2ccc(C#CCO)s2)cc1. The number of rotatable bonds is 4. The van der Waals surface area contributed by atoms with Gasteiger partial charge < -0.3 is 10.4 Å². The van der Waals surface area contributed by atoms with Crippen molar-refractivity contribution in [2.24, 2.45) is 0 Å². The van der Waals surface area contributed by atoms with E-state index in [2.05, 4.69) is 23.2 Å². The van der Waals surface area contributed by atoms with Gasteiger partial charge in [0.15, 0.2) is 0 Å². The molecule has 2 rings (SSSR count). The van der Waals surface area contributed by atoms with Gasteiger partial charge in [-0.05, 0) is 36.4 Å². The minimum atomic E-state index is -0.109. The van der Waals surface area contributed by atoms with Gasteiger partial charge in [0.1, 0.15) is 6.61 Å². The van der Waals surface area contributed by atoms with Gasteiger partial charge in [-0.1, -0.05) is 11.8 Å². The summed E-state index contributed by atoms with van der Waals surface area (Å²) in [5.41, 5.74) is 0.810. The highest BCUT2D eigenvalue weighted by molar-refractivity contribution is 7.98. The molecule has 0 atom stereocenters. The molecule has 1 heterocycles. The highest BCUT2D eigenvalue weighted by Crippen LogP contribution is 2.27. The minimum Gasteiger partial charge on any atom is -0.384 e. The van der Waals surface area contributed by atoms with Crippen LogP contribution in [0.25, 0.3) is 0 Å². The minimum absolute atomic E-state index is 0.0643. The molecule has 0 saturated carbocycles. The largest absolute Gasteiger partial charge is 0.384 e. The smallest absolute Gasteiger partial charge is 0.221 e. The maximum absolute atomic E-state index is 10.9. The van der Waals surface area contributed by atoms with Crippen LogP contribution in [-0.2, 0) is 10.5 Å². The summed E-state index contributed by atoms with van der Waals surface area (Å²) < 4.78 is 0. The van der Waals surface area contributed by atoms with Gasteiger partial charge in [0.05, 0.1) is 4.88 Å². The third-order valence-corrected chi connectivity index (χ3v) is 4.75. The maximum Gasteiger partial charge on any atom is 0.221 e. The van der Waals surface area contributed by atoms with Crippen molar-refractivity contribution in [1.29, 1.82) is 0 Å². The molecule has 0 saturated heterocycles. The second-order valence-corrected chi connectivity index (χ2v) is 6.44. The molecular weight excluding hydrogens is 302 g/mol. The lowest BCUT2D eigenvalue weighted by Crippen LogP contribution is -2.05. The molecule has 108 valence electrons. The van der Waals surface area contributed by atoms with E-state index in [1.54, 1.807) is 23.1 Å². The normalized spacial score (nSPS) is 9.81. The number of carbonyl (C=O) groups excluding carboxylic acids is 1. The van der Waals surface area contributed by atoms with Crippen LogP contribution in [0.1, 0.15) is 16.7 Å². The number of nitrogens with one attached hydrogen (secondary N) is 1. The molecule has 5 heteroatoms. The third-order valence-electron chi connectivity index (χ3n) is 2.51. The second kappa shape index (κ2) is 7.89. The molecule has 0 fully saturated rings. The number of aliphatic hydroxyl groups is 1. The van der Waals surface area contributed by atoms with Crippen LogP contribution in [0.2, 0.25) is 0 Å². The van der Waals surface area contributed by atoms with Crippen LogP contribution < -0.4 is 5.32 Å². The van der Waals surface area contributed by atoms with Gasteiger partial charge in [-0.25, -0.2) is 0 Å². The Morgan fingerprint density at radius 1 is 1.29 bits per heavy atom. The van der Waals surface area contributed by atoms with Crippen molar-refractivity contribution in [2.75, 3.05) is 11.9 Å². The van der Waals surface area contributed by atoms with Crippen molar-refractivity contribution in [2.45, 2.75) is 17.6 Å². The average molecular weight is 317 g/mol. The third kappa shape index (κ3) is 5.27. The molecule has 21 heavy (non-hydrogen) atoms. The molecule has 0 spiro atoms. The zero-order chi connectivity index (χ0) is 15.1. The highest BCUT2D eigenvalue weighted by Gasteiger charge is 2.01. The Balaban J connectivity index is 1.90. The first-order valence-electron chi connectivity index (χ1n) is 6.36. The molecule has 0 unspecified atom stereocenters. The van der Waals surface area contributed by atoms with Gasteiger partial charge in [0, 0.05) is 28.1 Å². The van der Waals surface area contributed by atoms with E-state index in [-0.39, 0.29) is 12.5 Å². The first-order chi connectivity index (χ1) is 10.2. The van der Waals surface area contributed by atoms with Crippen molar-refractivity contribution in [3.8, 4) is 11.8 Å². The van der Waals surface area contributed by atoms with E-state index in [0.717, 1.165) is 21.2 Å². The maximum atomic E-state index is 10.9. The van der Waals surface area contributed by atoms with E-state index < -0.39 is 0 Å². The topological polar surface area (TPSA) is 49.3 Å². The van der Waals surface area contributed by atoms with Crippen LogP contribution >= 0.6 is 23.1 Å². The molecule has 2 aromatic rings. The number of hydrogen-bond donors (Lipinski definition) is 2. The molecule has 1 aromatic heterocycles. The van der Waals surface area contributed by atoms with Crippen molar-refractivity contribution < 1.29 is 9.90 Å². The lowest BCUT2D eigenvalue weighted by molar-refractivity contribution is -0.114. The molecule has 3 nitrogen and oxygen atoms in total. The van der Waals surface area contributed by atoms with E-state index in [4.69, 9.17) is 5.11 Å². The Labute approximate surface area is 132 Å². The van der Waals surface area contributed by atoms with E-state index in [0.29, 0.717) is 0 Å². The standard InChI is InChI=1S/C16H15NO2S2/c1-12(19)17-13-4-6-14(7-5-13)20-11-16-9-8-15(21-16)3-2-10-18/h4-9,18H,10-11H2,1H3,(H,17,19). The molecule has 1 aromatic carbocycles. The van der Waals surface area contributed by atoms with Crippen LogP contribution in [0.4, 0.5) is 5.69 Å². The van der Waals surface area contributed by atoms with Crippen molar-refractivity contribution in [3.63, 3.8) is 0 Å². The molecule has 2 N–H and O–H groups in total. The number of thiophene rings is 1. The number of amides is 1. The Morgan fingerprint density at radius 2 is 2.05 bits per heavy atom. The molecule has 0 bridgehead atoms. The van der Waals surface area contributed by atoms with Gasteiger partial charge >= 0.3 is 0 Å². The number of benzene rings is 1. The average Bonchev–Trinajstić information content (AvgIpc) is 2.92. The monoisotopic (exact) mass is 317 g/mol. The van der Waals surface area contributed by atoms with Gasteiger partial charge in [0.2, 0.25) is 5.91 Å².